The van der Waals surface area contributed by atoms with Gasteiger partial charge < -0.3 is 9.80 Å². The lowest BCUT2D eigenvalue weighted by Gasteiger charge is -2.19. The van der Waals surface area contributed by atoms with Crippen LogP contribution in [0.2, 0.25) is 0 Å². The molecule has 0 aliphatic carbocycles. The van der Waals surface area contributed by atoms with Crippen LogP contribution in [0.15, 0.2) is 47.4 Å². The van der Waals surface area contributed by atoms with Gasteiger partial charge in [-0.05, 0) is 55.3 Å². The molecule has 0 unspecified atom stereocenters. The number of likely N-dealkylation sites (N-methyl/N-ethyl adjacent to an activating group) is 2. The highest BCUT2D eigenvalue weighted by Crippen LogP contribution is 2.21. The number of nitrogens with one attached hydrogen (secondary N) is 1. The molecule has 0 saturated carbocycles. The van der Waals surface area contributed by atoms with Crippen molar-refractivity contribution in [3.8, 4) is 0 Å². The van der Waals surface area contributed by atoms with Gasteiger partial charge in [-0.1, -0.05) is 12.1 Å². The zero-order chi connectivity index (χ0) is 21.1. The quantitative estimate of drug-likeness (QED) is 0.802. The standard InChI is InChI=1S/C20H25N3O4S/c1-14-6-7-15(2)18(12-14)28(26,27)21-17-10-8-16(9-11-17)20(25)23(5)13-19(24)22(3)4/h6-12,21H,13H2,1-5H3. The molecule has 0 atom stereocenters. The van der Waals surface area contributed by atoms with Gasteiger partial charge in [0.1, 0.15) is 0 Å². The first-order valence-electron chi connectivity index (χ1n) is 8.67. The summed E-state index contributed by atoms with van der Waals surface area (Å²) in [5.41, 5.74) is 2.22. The minimum absolute atomic E-state index is 0.0349. The fourth-order valence-corrected chi connectivity index (χ4v) is 3.91. The van der Waals surface area contributed by atoms with Crippen LogP contribution in [0.4, 0.5) is 5.69 Å². The van der Waals surface area contributed by atoms with E-state index in [0.717, 1.165) is 5.56 Å². The molecule has 2 aromatic carbocycles. The first kappa shape index (κ1) is 21.4. The van der Waals surface area contributed by atoms with Crippen molar-refractivity contribution in [1.29, 1.82) is 0 Å². The number of carbonyl (C=O) groups excluding carboxylic acids is 2. The number of aryl methyl sites for hydroxylation is 2. The third kappa shape index (κ3) is 5.10. The summed E-state index contributed by atoms with van der Waals surface area (Å²) in [4.78, 5) is 27.1. The van der Waals surface area contributed by atoms with E-state index in [1.807, 2.05) is 13.0 Å². The Kier molecular flexibility index (Phi) is 6.45. The Balaban J connectivity index is 2.15. The second kappa shape index (κ2) is 8.43. The summed E-state index contributed by atoms with van der Waals surface area (Å²) in [7, 11) is 1.05. The minimum atomic E-state index is -3.74. The van der Waals surface area contributed by atoms with E-state index in [-0.39, 0.29) is 23.3 Å². The van der Waals surface area contributed by atoms with E-state index < -0.39 is 10.0 Å². The lowest BCUT2D eigenvalue weighted by molar-refractivity contribution is -0.129. The van der Waals surface area contributed by atoms with E-state index in [1.165, 1.54) is 34.1 Å². The molecule has 8 heteroatoms. The average Bonchev–Trinajstić information content (AvgIpc) is 2.63. The number of hydrogen-bond acceptors (Lipinski definition) is 4. The Bertz CT molecular complexity index is 983. The lowest BCUT2D eigenvalue weighted by Crippen LogP contribution is -2.37. The normalized spacial score (nSPS) is 11.0. The molecular weight excluding hydrogens is 378 g/mol. The van der Waals surface area contributed by atoms with Crippen LogP contribution in [0.1, 0.15) is 21.5 Å². The fourth-order valence-electron chi connectivity index (χ4n) is 2.52. The van der Waals surface area contributed by atoms with Gasteiger partial charge in [0.15, 0.2) is 0 Å². The van der Waals surface area contributed by atoms with Gasteiger partial charge >= 0.3 is 0 Å². The summed E-state index contributed by atoms with van der Waals surface area (Å²) in [6.45, 7) is 3.53. The summed E-state index contributed by atoms with van der Waals surface area (Å²) < 4.78 is 27.8. The highest BCUT2D eigenvalue weighted by atomic mass is 32.2. The van der Waals surface area contributed by atoms with Crippen LogP contribution in [0.3, 0.4) is 0 Å². The van der Waals surface area contributed by atoms with Gasteiger partial charge in [-0.15, -0.1) is 0 Å². The average molecular weight is 404 g/mol. The number of sulfonamides is 1. The topological polar surface area (TPSA) is 86.8 Å². The summed E-state index contributed by atoms with van der Waals surface area (Å²) >= 11 is 0. The van der Waals surface area contributed by atoms with Crippen LogP contribution < -0.4 is 4.72 Å². The summed E-state index contributed by atoms with van der Waals surface area (Å²) in [5, 5.41) is 0. The van der Waals surface area contributed by atoms with Crippen molar-refractivity contribution in [2.24, 2.45) is 0 Å². The lowest BCUT2D eigenvalue weighted by atomic mass is 10.2. The third-order valence-corrected chi connectivity index (χ3v) is 5.76. The number of benzene rings is 2. The highest BCUT2D eigenvalue weighted by molar-refractivity contribution is 7.92. The molecule has 0 aliphatic heterocycles. The molecule has 0 radical (unpaired) electrons. The van der Waals surface area contributed by atoms with E-state index >= 15 is 0 Å². The molecule has 0 saturated heterocycles. The van der Waals surface area contributed by atoms with E-state index in [0.29, 0.717) is 16.8 Å². The number of amides is 2. The van der Waals surface area contributed by atoms with Crippen LogP contribution in [-0.2, 0) is 14.8 Å². The molecule has 0 bridgehead atoms. The maximum atomic E-state index is 12.7. The maximum absolute atomic E-state index is 12.7. The molecule has 0 spiro atoms. The minimum Gasteiger partial charge on any atom is -0.347 e. The SMILES string of the molecule is Cc1ccc(C)c(S(=O)(=O)Nc2ccc(C(=O)N(C)CC(=O)N(C)C)cc2)c1. The predicted octanol–water partition coefficient (Wildman–Crippen LogP) is 2.26. The van der Waals surface area contributed by atoms with Crippen LogP contribution in [0.25, 0.3) is 0 Å². The monoisotopic (exact) mass is 403 g/mol. The Labute approximate surface area is 166 Å². The molecule has 2 aromatic rings. The summed E-state index contributed by atoms with van der Waals surface area (Å²) in [5.74, 6) is -0.507. The molecule has 2 rings (SSSR count). The zero-order valence-corrected chi connectivity index (χ0v) is 17.5. The highest BCUT2D eigenvalue weighted by Gasteiger charge is 2.19. The van der Waals surface area contributed by atoms with Crippen molar-refractivity contribution in [3.05, 3.63) is 59.2 Å². The first-order valence-corrected chi connectivity index (χ1v) is 10.2. The second-order valence-electron chi connectivity index (χ2n) is 6.90. The van der Waals surface area contributed by atoms with Crippen molar-refractivity contribution >= 4 is 27.5 Å². The molecule has 0 aliphatic rings. The molecule has 28 heavy (non-hydrogen) atoms. The maximum Gasteiger partial charge on any atom is 0.262 e. The third-order valence-electron chi connectivity index (χ3n) is 4.24. The van der Waals surface area contributed by atoms with Crippen molar-refractivity contribution in [1.82, 2.24) is 9.80 Å². The second-order valence-corrected chi connectivity index (χ2v) is 8.55. The van der Waals surface area contributed by atoms with Crippen molar-refractivity contribution < 1.29 is 18.0 Å². The smallest absolute Gasteiger partial charge is 0.262 e. The van der Waals surface area contributed by atoms with E-state index in [9.17, 15) is 18.0 Å². The van der Waals surface area contributed by atoms with E-state index in [2.05, 4.69) is 4.72 Å². The molecule has 0 fully saturated rings. The van der Waals surface area contributed by atoms with Crippen LogP contribution >= 0.6 is 0 Å². The number of hydrogen-bond donors (Lipinski definition) is 1. The number of anilines is 1. The van der Waals surface area contributed by atoms with Crippen molar-refractivity contribution in [2.75, 3.05) is 32.4 Å². The zero-order valence-electron chi connectivity index (χ0n) is 16.7. The fraction of sp³-hybridized carbons (Fsp3) is 0.300. The molecule has 0 heterocycles. The Hall–Kier alpha value is -2.87. The van der Waals surface area contributed by atoms with Gasteiger partial charge in [-0.2, -0.15) is 0 Å². The van der Waals surface area contributed by atoms with Crippen LogP contribution in [0.5, 0.6) is 0 Å². The molecule has 7 nitrogen and oxygen atoms in total. The predicted molar refractivity (Wildman–Crippen MR) is 109 cm³/mol. The van der Waals surface area contributed by atoms with Gasteiger partial charge in [0.25, 0.3) is 15.9 Å². The molecule has 150 valence electrons. The Morgan fingerprint density at radius 3 is 2.14 bits per heavy atom. The van der Waals surface area contributed by atoms with Crippen LogP contribution in [-0.4, -0.2) is 57.7 Å². The van der Waals surface area contributed by atoms with E-state index in [1.54, 1.807) is 40.2 Å². The molecule has 0 aromatic heterocycles. The van der Waals surface area contributed by atoms with Crippen molar-refractivity contribution in [2.45, 2.75) is 18.7 Å². The van der Waals surface area contributed by atoms with Gasteiger partial charge in [0.05, 0.1) is 11.4 Å². The van der Waals surface area contributed by atoms with Crippen LogP contribution in [0, 0.1) is 13.8 Å². The van der Waals surface area contributed by atoms with Gasteiger partial charge in [-0.3, -0.25) is 14.3 Å². The Morgan fingerprint density at radius 1 is 0.964 bits per heavy atom. The summed E-state index contributed by atoms with van der Waals surface area (Å²) in [6.07, 6.45) is 0. The van der Waals surface area contributed by atoms with Gasteiger partial charge in [0, 0.05) is 32.4 Å². The van der Waals surface area contributed by atoms with Gasteiger partial charge in [0.2, 0.25) is 5.91 Å². The number of nitrogens with zero attached hydrogens (tertiary/aromatic N) is 2. The number of carbonyl (C=O) groups is 2. The molecule has 1 N–H and O–H groups in total. The number of rotatable bonds is 6. The van der Waals surface area contributed by atoms with Gasteiger partial charge in [-0.25, -0.2) is 8.42 Å². The molecule has 2 amide bonds. The van der Waals surface area contributed by atoms with Crippen molar-refractivity contribution in [3.63, 3.8) is 0 Å². The molecular formula is C20H25N3O4S. The largest absolute Gasteiger partial charge is 0.347 e. The first-order chi connectivity index (χ1) is 13.0. The summed E-state index contributed by atoms with van der Waals surface area (Å²) in [6, 6.07) is 11.3. The van der Waals surface area contributed by atoms with E-state index in [4.69, 9.17) is 0 Å². The Morgan fingerprint density at radius 2 is 1.57 bits per heavy atom.